The van der Waals surface area contributed by atoms with Gasteiger partial charge in [0.15, 0.2) is 11.5 Å². The Morgan fingerprint density at radius 2 is 1.79 bits per heavy atom. The lowest BCUT2D eigenvalue weighted by atomic mass is 10.2. The highest BCUT2D eigenvalue weighted by Gasteiger charge is 2.07. The second kappa shape index (κ2) is 9.67. The molecule has 0 fully saturated rings. The highest BCUT2D eigenvalue weighted by Crippen LogP contribution is 2.28. The minimum Gasteiger partial charge on any atom is -0.493 e. The van der Waals surface area contributed by atoms with Crippen LogP contribution in [0.5, 0.6) is 11.5 Å². The number of ether oxygens (including phenoxy) is 2. The standard InChI is InChI=1S/C19H21NO3S/c1-22-18-10-9-16(13-19(18)23-2)14-20(15-21)11-6-12-24-17-7-4-3-5-8-17/h3-10,12-13,15H,11,14H2,1-2H3/b12-6+. The highest BCUT2D eigenvalue weighted by atomic mass is 32.2. The monoisotopic (exact) mass is 343 g/mol. The molecule has 0 saturated heterocycles. The number of nitrogens with zero attached hydrogens (tertiary/aromatic N) is 1. The van der Waals surface area contributed by atoms with E-state index >= 15 is 0 Å². The average Bonchev–Trinajstić information content (AvgIpc) is 2.64. The van der Waals surface area contributed by atoms with E-state index in [1.807, 2.05) is 47.9 Å². The molecular formula is C19H21NO3S. The average molecular weight is 343 g/mol. The third-order valence-electron chi connectivity index (χ3n) is 3.37. The molecule has 2 aromatic rings. The topological polar surface area (TPSA) is 38.8 Å². The van der Waals surface area contributed by atoms with Crippen LogP contribution in [0, 0.1) is 0 Å². The van der Waals surface area contributed by atoms with E-state index in [0.717, 1.165) is 12.0 Å². The van der Waals surface area contributed by atoms with Crippen LogP contribution in [0.15, 0.2) is 64.9 Å². The SMILES string of the molecule is COc1ccc(CN(C=O)C/C=C/Sc2ccccc2)cc1OC. The summed E-state index contributed by atoms with van der Waals surface area (Å²) in [5.74, 6) is 1.34. The molecule has 2 rings (SSSR count). The summed E-state index contributed by atoms with van der Waals surface area (Å²) in [6.07, 6.45) is 2.83. The lowest BCUT2D eigenvalue weighted by Crippen LogP contribution is -2.21. The van der Waals surface area contributed by atoms with Gasteiger partial charge in [0, 0.05) is 18.0 Å². The zero-order valence-electron chi connectivity index (χ0n) is 13.8. The van der Waals surface area contributed by atoms with Crippen LogP contribution >= 0.6 is 11.8 Å². The van der Waals surface area contributed by atoms with Crippen molar-refractivity contribution in [1.29, 1.82) is 0 Å². The molecule has 0 spiro atoms. The first kappa shape index (κ1) is 17.9. The molecule has 0 saturated carbocycles. The summed E-state index contributed by atoms with van der Waals surface area (Å²) in [4.78, 5) is 14.2. The molecule has 24 heavy (non-hydrogen) atoms. The quantitative estimate of drug-likeness (QED) is 0.510. The zero-order chi connectivity index (χ0) is 17.2. The largest absolute Gasteiger partial charge is 0.493 e. The fourth-order valence-corrected chi connectivity index (χ4v) is 2.82. The number of carbonyl (C=O) groups excluding carboxylic acids is 1. The van der Waals surface area contributed by atoms with Gasteiger partial charge in [0.1, 0.15) is 0 Å². The Kier molecular flexibility index (Phi) is 7.23. The van der Waals surface area contributed by atoms with Crippen molar-refractivity contribution in [3.63, 3.8) is 0 Å². The Morgan fingerprint density at radius 1 is 1.04 bits per heavy atom. The zero-order valence-corrected chi connectivity index (χ0v) is 14.7. The van der Waals surface area contributed by atoms with Crippen LogP contribution in [0.3, 0.4) is 0 Å². The molecule has 0 unspecified atom stereocenters. The minimum atomic E-state index is 0.518. The molecule has 0 atom stereocenters. The normalized spacial score (nSPS) is 10.6. The molecule has 0 heterocycles. The molecule has 0 radical (unpaired) electrons. The van der Waals surface area contributed by atoms with E-state index in [1.165, 1.54) is 4.90 Å². The number of benzene rings is 2. The van der Waals surface area contributed by atoms with Gasteiger partial charge in [0.05, 0.1) is 14.2 Å². The third-order valence-corrected chi connectivity index (χ3v) is 4.24. The van der Waals surface area contributed by atoms with Crippen molar-refractivity contribution in [2.45, 2.75) is 11.4 Å². The van der Waals surface area contributed by atoms with Gasteiger partial charge in [-0.2, -0.15) is 0 Å². The van der Waals surface area contributed by atoms with Gasteiger partial charge >= 0.3 is 0 Å². The van der Waals surface area contributed by atoms with Crippen molar-refractivity contribution in [1.82, 2.24) is 4.90 Å². The van der Waals surface area contributed by atoms with E-state index in [2.05, 4.69) is 12.1 Å². The Morgan fingerprint density at radius 3 is 2.46 bits per heavy atom. The number of thioether (sulfide) groups is 1. The maximum atomic E-state index is 11.3. The van der Waals surface area contributed by atoms with Gasteiger partial charge in [-0.1, -0.05) is 42.1 Å². The molecule has 1 amide bonds. The summed E-state index contributed by atoms with van der Waals surface area (Å²) < 4.78 is 10.5. The first-order valence-electron chi connectivity index (χ1n) is 7.53. The maximum absolute atomic E-state index is 11.3. The minimum absolute atomic E-state index is 0.518. The van der Waals surface area contributed by atoms with Crippen molar-refractivity contribution in [3.8, 4) is 11.5 Å². The summed E-state index contributed by atoms with van der Waals surface area (Å²) in [7, 11) is 3.20. The van der Waals surface area contributed by atoms with Crippen LogP contribution < -0.4 is 9.47 Å². The molecule has 0 aromatic heterocycles. The molecule has 0 aliphatic rings. The van der Waals surface area contributed by atoms with Crippen molar-refractivity contribution in [3.05, 3.63) is 65.6 Å². The van der Waals surface area contributed by atoms with Crippen molar-refractivity contribution in [2.75, 3.05) is 20.8 Å². The number of amides is 1. The molecular weight excluding hydrogens is 322 g/mol. The third kappa shape index (κ3) is 5.35. The number of hydrogen-bond donors (Lipinski definition) is 0. The molecule has 5 heteroatoms. The predicted octanol–water partition coefficient (Wildman–Crippen LogP) is 3.97. The smallest absolute Gasteiger partial charge is 0.210 e. The number of carbonyl (C=O) groups is 1. The van der Waals surface area contributed by atoms with E-state index in [0.29, 0.717) is 24.6 Å². The molecule has 0 N–H and O–H groups in total. The van der Waals surface area contributed by atoms with Crippen molar-refractivity contribution >= 4 is 18.2 Å². The van der Waals surface area contributed by atoms with E-state index < -0.39 is 0 Å². The fraction of sp³-hybridized carbons (Fsp3) is 0.211. The van der Waals surface area contributed by atoms with Gasteiger partial charge in [-0.05, 0) is 35.2 Å². The fourth-order valence-electron chi connectivity index (χ4n) is 2.16. The second-order valence-corrected chi connectivity index (χ2v) is 6.01. The summed E-state index contributed by atoms with van der Waals surface area (Å²) in [5, 5.41) is 2.00. The predicted molar refractivity (Wildman–Crippen MR) is 97.5 cm³/mol. The van der Waals surface area contributed by atoms with Gasteiger partial charge in [0.25, 0.3) is 0 Å². The van der Waals surface area contributed by atoms with Gasteiger partial charge in [-0.25, -0.2) is 0 Å². The molecule has 0 aliphatic heterocycles. The summed E-state index contributed by atoms with van der Waals surface area (Å²) in [5.41, 5.74) is 0.990. The summed E-state index contributed by atoms with van der Waals surface area (Å²) >= 11 is 1.63. The first-order chi connectivity index (χ1) is 11.8. The lowest BCUT2D eigenvalue weighted by molar-refractivity contribution is -0.118. The Balaban J connectivity index is 1.91. The van der Waals surface area contributed by atoms with Crippen molar-refractivity contribution < 1.29 is 14.3 Å². The van der Waals surface area contributed by atoms with Crippen LogP contribution in [-0.4, -0.2) is 32.1 Å². The van der Waals surface area contributed by atoms with Crippen LogP contribution in [0.4, 0.5) is 0 Å². The summed E-state index contributed by atoms with van der Waals surface area (Å²) in [6, 6.07) is 15.8. The van der Waals surface area contributed by atoms with Crippen molar-refractivity contribution in [2.24, 2.45) is 0 Å². The number of hydrogen-bond acceptors (Lipinski definition) is 4. The van der Waals surface area contributed by atoms with Crippen LogP contribution in [0.1, 0.15) is 5.56 Å². The number of rotatable bonds is 9. The lowest BCUT2D eigenvalue weighted by Gasteiger charge is -2.16. The van der Waals surface area contributed by atoms with E-state index in [4.69, 9.17) is 9.47 Å². The van der Waals surface area contributed by atoms with E-state index in [1.54, 1.807) is 30.9 Å². The first-order valence-corrected chi connectivity index (χ1v) is 8.41. The van der Waals surface area contributed by atoms with Crippen LogP contribution in [-0.2, 0) is 11.3 Å². The van der Waals surface area contributed by atoms with E-state index in [-0.39, 0.29) is 0 Å². The van der Waals surface area contributed by atoms with Gasteiger partial charge in [-0.15, -0.1) is 0 Å². The Hall–Kier alpha value is -2.40. The van der Waals surface area contributed by atoms with E-state index in [9.17, 15) is 4.79 Å². The van der Waals surface area contributed by atoms with Crippen LogP contribution in [0.25, 0.3) is 0 Å². The molecule has 0 bridgehead atoms. The van der Waals surface area contributed by atoms with Gasteiger partial charge in [-0.3, -0.25) is 4.79 Å². The summed E-state index contributed by atoms with van der Waals surface area (Å²) in [6.45, 7) is 1.07. The Labute approximate surface area is 147 Å². The van der Waals surface area contributed by atoms with Gasteiger partial charge in [0.2, 0.25) is 6.41 Å². The van der Waals surface area contributed by atoms with Crippen LogP contribution in [0.2, 0.25) is 0 Å². The highest BCUT2D eigenvalue weighted by molar-refractivity contribution is 8.02. The molecule has 4 nitrogen and oxygen atoms in total. The maximum Gasteiger partial charge on any atom is 0.210 e. The number of methoxy groups -OCH3 is 2. The molecule has 0 aliphatic carbocycles. The molecule has 2 aromatic carbocycles. The Bertz CT molecular complexity index is 674. The van der Waals surface area contributed by atoms with Gasteiger partial charge < -0.3 is 14.4 Å². The second-order valence-electron chi connectivity index (χ2n) is 5.03. The molecule has 126 valence electrons.